The highest BCUT2D eigenvalue weighted by Crippen LogP contribution is 2.41. The molecular weight excluding hydrogens is 426 g/mol. The van der Waals surface area contributed by atoms with Crippen molar-refractivity contribution in [3.63, 3.8) is 0 Å². The Bertz CT molecular complexity index is 1170. The van der Waals surface area contributed by atoms with Gasteiger partial charge in [-0.05, 0) is 56.2 Å². The average molecular weight is 452 g/mol. The Morgan fingerprint density at radius 3 is 2.50 bits per heavy atom. The number of likely N-dealkylation sites (N-methyl/N-ethyl adjacent to an activating group) is 1. The highest BCUT2D eigenvalue weighted by Gasteiger charge is 2.34. The number of ether oxygens (including phenoxy) is 1. The maximum absolute atomic E-state index is 13.0. The summed E-state index contributed by atoms with van der Waals surface area (Å²) in [5.74, 6) is 0.252. The van der Waals surface area contributed by atoms with Crippen LogP contribution in [-0.2, 0) is 11.3 Å². The third-order valence-corrected chi connectivity index (χ3v) is 6.34. The average Bonchev–Trinajstić information content (AvgIpc) is 3.00. The fourth-order valence-electron chi connectivity index (χ4n) is 4.13. The van der Waals surface area contributed by atoms with E-state index in [0.29, 0.717) is 10.8 Å². The van der Waals surface area contributed by atoms with Gasteiger partial charge in [-0.15, -0.1) is 0 Å². The number of allylic oxidation sites excluding steroid dienone is 1. The smallest absolute Gasteiger partial charge is 0.329 e. The van der Waals surface area contributed by atoms with Gasteiger partial charge in [0, 0.05) is 35.0 Å². The van der Waals surface area contributed by atoms with Crippen LogP contribution in [0, 0.1) is 0 Å². The van der Waals surface area contributed by atoms with E-state index in [-0.39, 0.29) is 23.7 Å². The molecule has 1 N–H and O–H groups in total. The number of fused-ring (bicyclic) bond motifs is 1. The van der Waals surface area contributed by atoms with Crippen LogP contribution < -0.4 is 15.0 Å². The number of urea groups is 1. The predicted molar refractivity (Wildman–Crippen MR) is 128 cm³/mol. The van der Waals surface area contributed by atoms with E-state index >= 15 is 0 Å². The molecule has 7 heteroatoms. The first kappa shape index (κ1) is 22.0. The SMILES string of the molecule is COc1cc2c(cc1/C=C1/NC(=O)N(Cc3ccc(Cl)cc3)C1=O)C(C)=CC(C)(C)N2C. The quantitative estimate of drug-likeness (QED) is 0.520. The van der Waals surface area contributed by atoms with Crippen molar-refractivity contribution in [2.24, 2.45) is 0 Å². The second-order valence-electron chi connectivity index (χ2n) is 8.66. The molecule has 32 heavy (non-hydrogen) atoms. The zero-order valence-electron chi connectivity index (χ0n) is 18.8. The Hall–Kier alpha value is -3.25. The van der Waals surface area contributed by atoms with E-state index in [1.54, 1.807) is 37.5 Å². The minimum atomic E-state index is -0.453. The molecule has 4 rings (SSSR count). The molecule has 0 saturated carbocycles. The van der Waals surface area contributed by atoms with E-state index in [9.17, 15) is 9.59 Å². The van der Waals surface area contributed by atoms with Crippen molar-refractivity contribution in [1.29, 1.82) is 0 Å². The highest BCUT2D eigenvalue weighted by atomic mass is 35.5. The Labute approximate surface area is 193 Å². The number of hydrogen-bond donors (Lipinski definition) is 1. The molecule has 3 amide bonds. The Balaban J connectivity index is 1.68. The zero-order valence-corrected chi connectivity index (χ0v) is 19.6. The van der Waals surface area contributed by atoms with Crippen molar-refractivity contribution < 1.29 is 14.3 Å². The number of rotatable bonds is 4. The van der Waals surface area contributed by atoms with E-state index in [1.807, 2.05) is 12.1 Å². The summed E-state index contributed by atoms with van der Waals surface area (Å²) in [6.45, 7) is 6.56. The van der Waals surface area contributed by atoms with Gasteiger partial charge in [0.25, 0.3) is 5.91 Å². The molecule has 2 aromatic carbocycles. The standard InChI is InChI=1S/C25H26ClN3O3/c1-15-13-25(2,3)28(4)21-12-22(32-5)17(10-19(15)21)11-20-23(30)29(24(31)27-20)14-16-6-8-18(26)9-7-16/h6-13H,14H2,1-5H3,(H,27,31)/b20-11+. The third-order valence-electron chi connectivity index (χ3n) is 6.08. The molecule has 2 aromatic rings. The molecule has 0 bridgehead atoms. The van der Waals surface area contributed by atoms with Crippen LogP contribution in [0.15, 0.2) is 48.2 Å². The van der Waals surface area contributed by atoms with Gasteiger partial charge in [0.1, 0.15) is 11.4 Å². The van der Waals surface area contributed by atoms with Crippen LogP contribution in [0.1, 0.15) is 37.5 Å². The molecule has 166 valence electrons. The summed E-state index contributed by atoms with van der Waals surface area (Å²) in [4.78, 5) is 28.8. The van der Waals surface area contributed by atoms with Gasteiger partial charge in [0.15, 0.2) is 0 Å². The predicted octanol–water partition coefficient (Wildman–Crippen LogP) is 5.07. The summed E-state index contributed by atoms with van der Waals surface area (Å²) < 4.78 is 5.63. The van der Waals surface area contributed by atoms with Crippen LogP contribution in [0.5, 0.6) is 5.75 Å². The van der Waals surface area contributed by atoms with Crippen LogP contribution >= 0.6 is 11.6 Å². The maximum atomic E-state index is 13.0. The molecule has 0 aromatic heterocycles. The summed E-state index contributed by atoms with van der Waals surface area (Å²) >= 11 is 5.93. The highest BCUT2D eigenvalue weighted by molar-refractivity contribution is 6.30. The molecule has 0 spiro atoms. The summed E-state index contributed by atoms with van der Waals surface area (Å²) in [7, 11) is 3.65. The maximum Gasteiger partial charge on any atom is 0.329 e. The topological polar surface area (TPSA) is 61.9 Å². The van der Waals surface area contributed by atoms with Gasteiger partial charge in [-0.25, -0.2) is 4.79 Å². The number of carbonyl (C=O) groups is 2. The van der Waals surface area contributed by atoms with E-state index in [0.717, 1.165) is 28.0 Å². The minimum Gasteiger partial charge on any atom is -0.496 e. The van der Waals surface area contributed by atoms with E-state index in [4.69, 9.17) is 16.3 Å². The molecule has 2 aliphatic heterocycles. The van der Waals surface area contributed by atoms with Crippen LogP contribution in [-0.4, -0.2) is 36.5 Å². The lowest BCUT2D eigenvalue weighted by Crippen LogP contribution is -2.42. The number of anilines is 1. The largest absolute Gasteiger partial charge is 0.496 e. The minimum absolute atomic E-state index is 0.125. The second-order valence-corrected chi connectivity index (χ2v) is 9.09. The van der Waals surface area contributed by atoms with Crippen molar-refractivity contribution in [1.82, 2.24) is 10.2 Å². The van der Waals surface area contributed by atoms with Crippen LogP contribution in [0.4, 0.5) is 10.5 Å². The first-order valence-corrected chi connectivity index (χ1v) is 10.7. The monoisotopic (exact) mass is 451 g/mol. The van der Waals surface area contributed by atoms with Crippen LogP contribution in [0.25, 0.3) is 11.6 Å². The lowest BCUT2D eigenvalue weighted by molar-refractivity contribution is -0.123. The van der Waals surface area contributed by atoms with Crippen molar-refractivity contribution in [2.75, 3.05) is 19.1 Å². The third kappa shape index (κ3) is 3.86. The van der Waals surface area contributed by atoms with Gasteiger partial charge in [0.05, 0.1) is 19.2 Å². The summed E-state index contributed by atoms with van der Waals surface area (Å²) in [6, 6.07) is 10.6. The number of hydrogen-bond acceptors (Lipinski definition) is 4. The number of benzene rings is 2. The molecule has 0 radical (unpaired) electrons. The molecule has 2 heterocycles. The van der Waals surface area contributed by atoms with Gasteiger partial charge in [-0.3, -0.25) is 9.69 Å². The molecule has 0 atom stereocenters. The number of methoxy groups -OCH3 is 1. The molecule has 1 saturated heterocycles. The van der Waals surface area contributed by atoms with Gasteiger partial charge < -0.3 is 15.0 Å². The molecule has 0 aliphatic carbocycles. The molecule has 6 nitrogen and oxygen atoms in total. The second kappa shape index (κ2) is 8.02. The Morgan fingerprint density at radius 2 is 1.84 bits per heavy atom. The van der Waals surface area contributed by atoms with Crippen molar-refractivity contribution in [3.8, 4) is 5.75 Å². The Morgan fingerprint density at radius 1 is 1.16 bits per heavy atom. The normalized spacial score (nSPS) is 18.6. The van der Waals surface area contributed by atoms with Crippen LogP contribution in [0.3, 0.4) is 0 Å². The van der Waals surface area contributed by atoms with Gasteiger partial charge in [-0.1, -0.05) is 29.8 Å². The number of imide groups is 1. The van der Waals surface area contributed by atoms with Crippen molar-refractivity contribution >= 4 is 40.9 Å². The first-order chi connectivity index (χ1) is 15.1. The van der Waals surface area contributed by atoms with E-state index in [1.165, 1.54) is 4.90 Å². The van der Waals surface area contributed by atoms with Crippen molar-refractivity contribution in [3.05, 3.63) is 69.9 Å². The number of amides is 3. The molecular formula is C25H26ClN3O3. The molecule has 0 unspecified atom stereocenters. The van der Waals surface area contributed by atoms with Gasteiger partial charge >= 0.3 is 6.03 Å². The van der Waals surface area contributed by atoms with Crippen molar-refractivity contribution in [2.45, 2.75) is 32.9 Å². The lowest BCUT2D eigenvalue weighted by atomic mass is 9.88. The lowest BCUT2D eigenvalue weighted by Gasteiger charge is -2.41. The van der Waals surface area contributed by atoms with E-state index in [2.05, 4.69) is 44.1 Å². The molecule has 1 fully saturated rings. The summed E-state index contributed by atoms with van der Waals surface area (Å²) in [6.07, 6.45) is 3.89. The zero-order chi connectivity index (χ0) is 23.2. The fraction of sp³-hybridized carbons (Fsp3) is 0.280. The van der Waals surface area contributed by atoms with Crippen LogP contribution in [0.2, 0.25) is 5.02 Å². The first-order valence-electron chi connectivity index (χ1n) is 10.4. The summed E-state index contributed by atoms with van der Waals surface area (Å²) in [5.41, 5.74) is 4.90. The number of carbonyl (C=O) groups excluding carboxylic acids is 2. The number of nitrogens with zero attached hydrogens (tertiary/aromatic N) is 2. The number of halogens is 1. The van der Waals surface area contributed by atoms with Gasteiger partial charge in [0.2, 0.25) is 0 Å². The summed E-state index contributed by atoms with van der Waals surface area (Å²) in [5, 5.41) is 3.29. The molecule has 2 aliphatic rings. The fourth-order valence-corrected chi connectivity index (χ4v) is 4.25. The number of nitrogens with one attached hydrogen (secondary N) is 1. The van der Waals surface area contributed by atoms with Gasteiger partial charge in [-0.2, -0.15) is 0 Å². The Kier molecular flexibility index (Phi) is 5.51. The van der Waals surface area contributed by atoms with E-state index < -0.39 is 6.03 Å².